The van der Waals surface area contributed by atoms with Crippen LogP contribution in [0.2, 0.25) is 5.02 Å². The van der Waals surface area contributed by atoms with Crippen LogP contribution in [0, 0.1) is 0 Å². The monoisotopic (exact) mass is 443 g/mol. The average molecular weight is 444 g/mol. The van der Waals surface area contributed by atoms with Gasteiger partial charge in [-0.1, -0.05) is 54.1 Å². The number of carbonyl (C=O) groups excluding carboxylic acids is 1. The summed E-state index contributed by atoms with van der Waals surface area (Å²) in [4.78, 5) is 17.2. The first-order valence-electron chi connectivity index (χ1n) is 10.5. The van der Waals surface area contributed by atoms with Crippen molar-refractivity contribution in [1.29, 1.82) is 0 Å². The first-order chi connectivity index (χ1) is 15.6. The molecule has 1 N–H and O–H groups in total. The number of aromatic nitrogens is 2. The summed E-state index contributed by atoms with van der Waals surface area (Å²) in [6, 6.07) is 23.8. The van der Waals surface area contributed by atoms with Gasteiger partial charge in [-0.15, -0.1) is 0 Å². The second kappa shape index (κ2) is 8.52. The third-order valence-corrected chi connectivity index (χ3v) is 6.04. The summed E-state index contributed by atoms with van der Waals surface area (Å²) in [5.41, 5.74) is 4.42. The molecule has 2 atom stereocenters. The fraction of sp³-hybridized carbons (Fsp3) is 0.154. The molecule has 160 valence electrons. The number of ether oxygens (including phenoxy) is 1. The van der Waals surface area contributed by atoms with Gasteiger partial charge >= 0.3 is 0 Å². The molecule has 5 rings (SSSR count). The van der Waals surface area contributed by atoms with Crippen molar-refractivity contribution < 1.29 is 9.53 Å². The molecule has 32 heavy (non-hydrogen) atoms. The van der Waals surface area contributed by atoms with Crippen LogP contribution in [0.25, 0.3) is 16.8 Å². The van der Waals surface area contributed by atoms with E-state index in [1.54, 1.807) is 30.3 Å². The fourth-order valence-electron chi connectivity index (χ4n) is 4.06. The molecule has 0 unspecified atom stereocenters. The predicted octanol–water partition coefficient (Wildman–Crippen LogP) is 5.49. The van der Waals surface area contributed by atoms with Gasteiger partial charge in [-0.05, 0) is 47.9 Å². The van der Waals surface area contributed by atoms with Crippen LogP contribution in [0.1, 0.15) is 28.4 Å². The van der Waals surface area contributed by atoms with Gasteiger partial charge in [0.15, 0.2) is 0 Å². The summed E-state index contributed by atoms with van der Waals surface area (Å²) in [5, 5.41) is 3.78. The van der Waals surface area contributed by atoms with E-state index in [9.17, 15) is 4.79 Å². The lowest BCUT2D eigenvalue weighted by atomic mass is 10.0. The first-order valence-corrected chi connectivity index (χ1v) is 10.8. The Kier molecular flexibility index (Phi) is 5.41. The normalized spacial score (nSPS) is 17.1. The van der Waals surface area contributed by atoms with Crippen molar-refractivity contribution in [3.05, 3.63) is 102 Å². The predicted molar refractivity (Wildman–Crippen MR) is 126 cm³/mol. The molecule has 1 amide bonds. The lowest BCUT2D eigenvalue weighted by Gasteiger charge is -2.13. The molecule has 1 aliphatic rings. The van der Waals surface area contributed by atoms with Gasteiger partial charge in [0.2, 0.25) is 0 Å². The summed E-state index contributed by atoms with van der Waals surface area (Å²) < 4.78 is 7.30. The number of methoxy groups -OCH3 is 1. The molecule has 0 bridgehead atoms. The Labute approximate surface area is 191 Å². The Morgan fingerprint density at radius 3 is 2.75 bits per heavy atom. The Bertz CT molecular complexity index is 1270. The van der Waals surface area contributed by atoms with E-state index in [1.165, 1.54) is 5.56 Å². The molecule has 1 heterocycles. The van der Waals surface area contributed by atoms with Crippen molar-refractivity contribution >= 4 is 17.5 Å². The number of imidazole rings is 1. The molecular formula is C26H22ClN3O2. The maximum atomic E-state index is 13.0. The van der Waals surface area contributed by atoms with Crippen LogP contribution in [-0.4, -0.2) is 28.6 Å². The quantitative estimate of drug-likeness (QED) is 0.429. The highest BCUT2D eigenvalue weighted by Crippen LogP contribution is 2.40. The lowest BCUT2D eigenvalue weighted by Crippen LogP contribution is -2.28. The van der Waals surface area contributed by atoms with Gasteiger partial charge < -0.3 is 10.1 Å². The number of halogens is 1. The molecule has 5 nitrogen and oxygen atoms in total. The molecule has 0 aliphatic heterocycles. The topological polar surface area (TPSA) is 56.2 Å². The molecule has 0 radical (unpaired) electrons. The number of carbonyl (C=O) groups is 1. The van der Waals surface area contributed by atoms with Gasteiger partial charge in [0.1, 0.15) is 11.4 Å². The molecule has 4 aromatic rings. The summed E-state index contributed by atoms with van der Waals surface area (Å²) >= 11 is 6.22. The zero-order valence-corrected chi connectivity index (χ0v) is 18.3. The van der Waals surface area contributed by atoms with E-state index >= 15 is 0 Å². The van der Waals surface area contributed by atoms with E-state index < -0.39 is 0 Å². The van der Waals surface area contributed by atoms with E-state index in [0.29, 0.717) is 16.6 Å². The Hall–Kier alpha value is -3.57. The second-order valence-electron chi connectivity index (χ2n) is 7.88. The Morgan fingerprint density at radius 1 is 1.09 bits per heavy atom. The number of amides is 1. The maximum Gasteiger partial charge on any atom is 0.270 e. The van der Waals surface area contributed by atoms with Crippen molar-refractivity contribution in [2.45, 2.75) is 18.4 Å². The van der Waals surface area contributed by atoms with Gasteiger partial charge in [0.25, 0.3) is 5.91 Å². The van der Waals surface area contributed by atoms with E-state index in [0.717, 1.165) is 29.0 Å². The van der Waals surface area contributed by atoms with Crippen LogP contribution in [0.4, 0.5) is 0 Å². The average Bonchev–Trinajstić information content (AvgIpc) is 3.41. The highest BCUT2D eigenvalue weighted by molar-refractivity contribution is 6.31. The third-order valence-electron chi connectivity index (χ3n) is 5.80. The minimum Gasteiger partial charge on any atom is -0.496 e. The van der Waals surface area contributed by atoms with Crippen molar-refractivity contribution in [1.82, 2.24) is 14.9 Å². The first kappa shape index (κ1) is 20.3. The highest BCUT2D eigenvalue weighted by Gasteiger charge is 2.39. The third kappa shape index (κ3) is 3.99. The molecule has 1 fully saturated rings. The Balaban J connectivity index is 1.39. The maximum absolute atomic E-state index is 13.0. The van der Waals surface area contributed by atoms with Gasteiger partial charge in [0.05, 0.1) is 19.6 Å². The zero-order chi connectivity index (χ0) is 22.1. The molecule has 3 aromatic carbocycles. The van der Waals surface area contributed by atoms with E-state index in [4.69, 9.17) is 16.3 Å². The van der Waals surface area contributed by atoms with Crippen molar-refractivity contribution in [2.24, 2.45) is 0 Å². The summed E-state index contributed by atoms with van der Waals surface area (Å²) in [6.45, 7) is 0. The molecule has 1 aromatic heterocycles. The van der Waals surface area contributed by atoms with Gasteiger partial charge in [-0.2, -0.15) is 0 Å². The van der Waals surface area contributed by atoms with Crippen LogP contribution >= 0.6 is 11.6 Å². The highest BCUT2D eigenvalue weighted by atomic mass is 35.5. The molecule has 1 aliphatic carbocycles. The van der Waals surface area contributed by atoms with Crippen molar-refractivity contribution in [2.75, 3.05) is 7.11 Å². The van der Waals surface area contributed by atoms with Crippen LogP contribution in [0.5, 0.6) is 5.75 Å². The number of benzene rings is 3. The molecule has 0 spiro atoms. The van der Waals surface area contributed by atoms with Crippen LogP contribution in [-0.2, 0) is 0 Å². The van der Waals surface area contributed by atoms with Crippen molar-refractivity contribution in [3.8, 4) is 22.6 Å². The van der Waals surface area contributed by atoms with Gasteiger partial charge in [-0.3, -0.25) is 9.36 Å². The van der Waals surface area contributed by atoms with Gasteiger partial charge in [-0.25, -0.2) is 4.98 Å². The van der Waals surface area contributed by atoms with Crippen molar-refractivity contribution in [3.63, 3.8) is 0 Å². The summed E-state index contributed by atoms with van der Waals surface area (Å²) in [5.74, 6) is 0.975. The Morgan fingerprint density at radius 2 is 1.94 bits per heavy atom. The van der Waals surface area contributed by atoms with Gasteiger partial charge in [0, 0.05) is 28.2 Å². The molecule has 6 heteroatoms. The number of hydrogen-bond donors (Lipinski definition) is 1. The standard InChI is InChI=1S/C26H22ClN3O2/c1-32-25-11-10-19(27)13-22(25)18-8-5-9-20(12-18)30-16-28-15-24(30)26(31)29-23-14-21(23)17-6-3-2-4-7-17/h2-13,15-16,21,23H,14H2,1H3,(H,29,31)/t21-,23+/m1/s1. The fourth-order valence-corrected chi connectivity index (χ4v) is 4.24. The van der Waals surface area contributed by atoms with E-state index in [-0.39, 0.29) is 11.9 Å². The number of nitrogens with zero attached hydrogens (tertiary/aromatic N) is 2. The minimum absolute atomic E-state index is 0.128. The summed E-state index contributed by atoms with van der Waals surface area (Å²) in [7, 11) is 1.63. The van der Waals surface area contributed by atoms with E-state index in [2.05, 4.69) is 22.4 Å². The number of nitrogens with one attached hydrogen (secondary N) is 1. The van der Waals surface area contributed by atoms with E-state index in [1.807, 2.05) is 54.6 Å². The molecular weight excluding hydrogens is 422 g/mol. The number of rotatable bonds is 6. The largest absolute Gasteiger partial charge is 0.496 e. The second-order valence-corrected chi connectivity index (χ2v) is 8.31. The smallest absolute Gasteiger partial charge is 0.270 e. The zero-order valence-electron chi connectivity index (χ0n) is 17.5. The molecule has 0 saturated heterocycles. The summed E-state index contributed by atoms with van der Waals surface area (Å²) in [6.07, 6.45) is 4.21. The molecule has 1 saturated carbocycles. The lowest BCUT2D eigenvalue weighted by molar-refractivity contribution is 0.0943. The van der Waals surface area contributed by atoms with Crippen LogP contribution in [0.15, 0.2) is 85.3 Å². The minimum atomic E-state index is -0.128. The number of hydrogen-bond acceptors (Lipinski definition) is 3. The van der Waals surface area contributed by atoms with Crippen LogP contribution in [0.3, 0.4) is 0 Å². The van der Waals surface area contributed by atoms with Crippen LogP contribution < -0.4 is 10.1 Å². The SMILES string of the molecule is COc1ccc(Cl)cc1-c1cccc(-n2cncc2C(=O)N[C@H]2C[C@@H]2c2ccccc2)c1.